The van der Waals surface area contributed by atoms with E-state index in [0.29, 0.717) is 30.2 Å². The summed E-state index contributed by atoms with van der Waals surface area (Å²) in [7, 11) is -3.81. The maximum atomic E-state index is 13.0. The number of esters is 1. The highest BCUT2D eigenvalue weighted by Gasteiger charge is 2.39. The van der Waals surface area contributed by atoms with Crippen LogP contribution in [0, 0.1) is 0 Å². The summed E-state index contributed by atoms with van der Waals surface area (Å²) in [6.45, 7) is 2.35. The van der Waals surface area contributed by atoms with Gasteiger partial charge in [0.05, 0.1) is 17.9 Å². The van der Waals surface area contributed by atoms with Crippen LogP contribution < -0.4 is 5.32 Å². The SMILES string of the molecule is CCOC(=O)Cc1ccc(NC(=O)C2CCCN2S(=O)(=O)c2ccc(Cl)cc2)cc1. The van der Waals surface area contributed by atoms with E-state index in [-0.39, 0.29) is 29.7 Å². The molecule has 1 amide bonds. The van der Waals surface area contributed by atoms with Crippen molar-refractivity contribution in [3.63, 3.8) is 0 Å². The molecule has 1 saturated heterocycles. The Labute approximate surface area is 181 Å². The van der Waals surface area contributed by atoms with Gasteiger partial charge in [-0.25, -0.2) is 8.42 Å². The topological polar surface area (TPSA) is 92.8 Å². The number of hydrogen-bond acceptors (Lipinski definition) is 5. The number of nitrogens with one attached hydrogen (secondary N) is 1. The molecule has 3 rings (SSSR count). The van der Waals surface area contributed by atoms with E-state index in [1.165, 1.54) is 28.6 Å². The van der Waals surface area contributed by atoms with E-state index in [1.54, 1.807) is 31.2 Å². The molecule has 1 aliphatic heterocycles. The average molecular weight is 451 g/mol. The first kappa shape index (κ1) is 22.3. The zero-order valence-corrected chi connectivity index (χ0v) is 18.1. The Kier molecular flexibility index (Phi) is 7.12. The van der Waals surface area contributed by atoms with Gasteiger partial charge in [-0.1, -0.05) is 23.7 Å². The van der Waals surface area contributed by atoms with Crippen molar-refractivity contribution in [2.45, 2.75) is 37.1 Å². The van der Waals surface area contributed by atoms with Crippen LogP contribution in [0.2, 0.25) is 5.02 Å². The molecule has 1 fully saturated rings. The van der Waals surface area contributed by atoms with Gasteiger partial charge >= 0.3 is 5.97 Å². The fraction of sp³-hybridized carbons (Fsp3) is 0.333. The van der Waals surface area contributed by atoms with Crippen LogP contribution in [0.4, 0.5) is 5.69 Å². The van der Waals surface area contributed by atoms with E-state index in [1.807, 2.05) is 0 Å². The molecular formula is C21H23ClN2O5S. The van der Waals surface area contributed by atoms with Crippen LogP contribution >= 0.6 is 11.6 Å². The van der Waals surface area contributed by atoms with E-state index in [9.17, 15) is 18.0 Å². The van der Waals surface area contributed by atoms with Crippen LogP contribution in [0.5, 0.6) is 0 Å². The zero-order valence-electron chi connectivity index (χ0n) is 16.5. The Bertz CT molecular complexity index is 1010. The molecule has 0 bridgehead atoms. The van der Waals surface area contributed by atoms with Crippen molar-refractivity contribution in [3.05, 3.63) is 59.1 Å². The van der Waals surface area contributed by atoms with Crippen molar-refractivity contribution in [2.24, 2.45) is 0 Å². The first-order valence-corrected chi connectivity index (χ1v) is 11.5. The molecule has 1 atom stereocenters. The molecule has 1 N–H and O–H groups in total. The van der Waals surface area contributed by atoms with Crippen molar-refractivity contribution < 1.29 is 22.7 Å². The smallest absolute Gasteiger partial charge is 0.310 e. The molecule has 2 aromatic carbocycles. The van der Waals surface area contributed by atoms with Crippen LogP contribution in [-0.2, 0) is 30.8 Å². The lowest BCUT2D eigenvalue weighted by Crippen LogP contribution is -2.43. The second-order valence-electron chi connectivity index (χ2n) is 6.90. The van der Waals surface area contributed by atoms with Crippen molar-refractivity contribution >= 4 is 39.2 Å². The minimum absolute atomic E-state index is 0.106. The average Bonchev–Trinajstić information content (AvgIpc) is 3.21. The Morgan fingerprint density at radius 1 is 1.13 bits per heavy atom. The number of ether oxygens (including phenoxy) is 1. The third-order valence-electron chi connectivity index (χ3n) is 4.80. The lowest BCUT2D eigenvalue weighted by atomic mass is 10.1. The molecule has 0 aliphatic carbocycles. The highest BCUT2D eigenvalue weighted by atomic mass is 35.5. The fourth-order valence-electron chi connectivity index (χ4n) is 3.34. The number of carbonyl (C=O) groups is 2. The van der Waals surface area contributed by atoms with Crippen molar-refractivity contribution in [1.29, 1.82) is 0 Å². The second kappa shape index (κ2) is 9.59. The van der Waals surface area contributed by atoms with E-state index in [4.69, 9.17) is 16.3 Å². The first-order chi connectivity index (χ1) is 14.3. The van der Waals surface area contributed by atoms with Gasteiger partial charge < -0.3 is 10.1 Å². The number of amides is 1. The largest absolute Gasteiger partial charge is 0.466 e. The van der Waals surface area contributed by atoms with Gasteiger partial charge in [-0.2, -0.15) is 4.31 Å². The van der Waals surface area contributed by atoms with Crippen molar-refractivity contribution in [2.75, 3.05) is 18.5 Å². The minimum Gasteiger partial charge on any atom is -0.466 e. The van der Waals surface area contributed by atoms with Gasteiger partial charge in [-0.05, 0) is 61.7 Å². The summed E-state index contributed by atoms with van der Waals surface area (Å²) in [5.74, 6) is -0.702. The lowest BCUT2D eigenvalue weighted by molar-refractivity contribution is -0.142. The Hall–Kier alpha value is -2.42. The fourth-order valence-corrected chi connectivity index (χ4v) is 5.12. The quantitative estimate of drug-likeness (QED) is 0.653. The number of rotatable bonds is 7. The summed E-state index contributed by atoms with van der Waals surface area (Å²) in [5.41, 5.74) is 1.29. The highest BCUT2D eigenvalue weighted by Crippen LogP contribution is 2.27. The molecule has 0 aromatic heterocycles. The van der Waals surface area contributed by atoms with Crippen LogP contribution in [-0.4, -0.2) is 43.8 Å². The van der Waals surface area contributed by atoms with Crippen LogP contribution in [0.25, 0.3) is 0 Å². The minimum atomic E-state index is -3.81. The highest BCUT2D eigenvalue weighted by molar-refractivity contribution is 7.89. The second-order valence-corrected chi connectivity index (χ2v) is 9.22. The van der Waals surface area contributed by atoms with Gasteiger partial charge in [0.15, 0.2) is 0 Å². The van der Waals surface area contributed by atoms with Gasteiger partial charge in [0.2, 0.25) is 15.9 Å². The van der Waals surface area contributed by atoms with Crippen LogP contribution in [0.1, 0.15) is 25.3 Å². The molecule has 30 heavy (non-hydrogen) atoms. The molecule has 9 heteroatoms. The third kappa shape index (κ3) is 5.19. The number of hydrogen-bond donors (Lipinski definition) is 1. The van der Waals surface area contributed by atoms with Crippen LogP contribution in [0.3, 0.4) is 0 Å². The van der Waals surface area contributed by atoms with E-state index >= 15 is 0 Å². The summed E-state index contributed by atoms with van der Waals surface area (Å²) in [5, 5.41) is 3.21. The Balaban J connectivity index is 1.68. The van der Waals surface area contributed by atoms with E-state index < -0.39 is 16.1 Å². The molecule has 0 saturated carbocycles. The van der Waals surface area contributed by atoms with E-state index in [0.717, 1.165) is 5.56 Å². The maximum Gasteiger partial charge on any atom is 0.310 e. The van der Waals surface area contributed by atoms with Crippen molar-refractivity contribution in [1.82, 2.24) is 4.31 Å². The molecule has 1 heterocycles. The van der Waals surface area contributed by atoms with Gasteiger partial charge in [0.25, 0.3) is 0 Å². The Morgan fingerprint density at radius 2 is 1.80 bits per heavy atom. The van der Waals surface area contributed by atoms with Gasteiger partial charge in [0, 0.05) is 17.3 Å². The van der Waals surface area contributed by atoms with Gasteiger partial charge in [0.1, 0.15) is 6.04 Å². The predicted octanol–water partition coefficient (Wildman–Crippen LogP) is 3.24. The predicted molar refractivity (Wildman–Crippen MR) is 114 cm³/mol. The number of carbonyl (C=O) groups excluding carboxylic acids is 2. The standard InChI is InChI=1S/C21H23ClN2O5S/c1-2-29-20(25)14-15-5-9-17(10-6-15)23-21(26)19-4-3-13-24(19)30(27,28)18-11-7-16(22)8-12-18/h5-12,19H,2-4,13-14H2,1H3,(H,23,26). The summed E-state index contributed by atoms with van der Waals surface area (Å²) >= 11 is 5.85. The molecule has 0 spiro atoms. The molecule has 0 radical (unpaired) electrons. The monoisotopic (exact) mass is 450 g/mol. The normalized spacial score (nSPS) is 16.9. The number of nitrogens with zero attached hydrogens (tertiary/aromatic N) is 1. The number of halogens is 1. The lowest BCUT2D eigenvalue weighted by Gasteiger charge is -2.23. The number of anilines is 1. The molecular weight excluding hydrogens is 428 g/mol. The van der Waals surface area contributed by atoms with E-state index in [2.05, 4.69) is 5.32 Å². The van der Waals surface area contributed by atoms with Gasteiger partial charge in [-0.3, -0.25) is 9.59 Å². The van der Waals surface area contributed by atoms with Crippen LogP contribution in [0.15, 0.2) is 53.4 Å². The summed E-state index contributed by atoms with van der Waals surface area (Å²) in [6, 6.07) is 11.9. The Morgan fingerprint density at radius 3 is 2.43 bits per heavy atom. The number of benzene rings is 2. The first-order valence-electron chi connectivity index (χ1n) is 9.64. The molecule has 1 unspecified atom stereocenters. The maximum absolute atomic E-state index is 13.0. The van der Waals surface area contributed by atoms with Gasteiger partial charge in [-0.15, -0.1) is 0 Å². The molecule has 2 aromatic rings. The summed E-state index contributed by atoms with van der Waals surface area (Å²) in [6.07, 6.45) is 1.20. The zero-order chi connectivity index (χ0) is 21.7. The third-order valence-corrected chi connectivity index (χ3v) is 6.98. The number of sulfonamides is 1. The summed E-state index contributed by atoms with van der Waals surface area (Å²) in [4.78, 5) is 24.5. The molecule has 160 valence electrons. The van der Waals surface area contributed by atoms with Crippen molar-refractivity contribution in [3.8, 4) is 0 Å². The molecule has 1 aliphatic rings. The summed E-state index contributed by atoms with van der Waals surface area (Å²) < 4.78 is 32.1. The molecule has 7 nitrogen and oxygen atoms in total.